The van der Waals surface area contributed by atoms with E-state index in [9.17, 15) is 0 Å². The maximum absolute atomic E-state index is 4.69. The van der Waals surface area contributed by atoms with Crippen molar-refractivity contribution in [3.05, 3.63) is 52.0 Å². The number of hydrogen-bond acceptors (Lipinski definition) is 3. The summed E-state index contributed by atoms with van der Waals surface area (Å²) in [4.78, 5) is 9.36. The summed E-state index contributed by atoms with van der Waals surface area (Å²) in [7, 11) is 0. The van der Waals surface area contributed by atoms with Crippen molar-refractivity contribution in [1.82, 2.24) is 15.6 Å². The second-order valence-corrected chi connectivity index (χ2v) is 7.01. The maximum atomic E-state index is 4.69. The minimum Gasteiger partial charge on any atom is -0.357 e. The fourth-order valence-corrected chi connectivity index (χ4v) is 3.20. The first-order valence-corrected chi connectivity index (χ1v) is 9.52. The van der Waals surface area contributed by atoms with Crippen LogP contribution in [0.2, 0.25) is 0 Å². The number of nitrogens with zero attached hydrogens (tertiary/aromatic N) is 2. The molecule has 0 saturated carbocycles. The van der Waals surface area contributed by atoms with E-state index in [-0.39, 0.29) is 30.0 Å². The van der Waals surface area contributed by atoms with Crippen LogP contribution in [0.15, 0.2) is 40.7 Å². The molecule has 0 saturated heterocycles. The van der Waals surface area contributed by atoms with Gasteiger partial charge in [0, 0.05) is 30.8 Å². The Kier molecular flexibility index (Phi) is 10.0. The molecule has 0 radical (unpaired) electrons. The van der Waals surface area contributed by atoms with Gasteiger partial charge in [-0.1, -0.05) is 44.2 Å². The van der Waals surface area contributed by atoms with Gasteiger partial charge in [0.25, 0.3) is 0 Å². The SMILES string of the molecule is CCNC(=NCCc1csc(C(C)C)n1)NC(C)c1ccccc1.I. The molecule has 0 bridgehead atoms. The molecule has 2 rings (SSSR count). The molecule has 25 heavy (non-hydrogen) atoms. The van der Waals surface area contributed by atoms with Crippen molar-refractivity contribution in [2.45, 2.75) is 46.1 Å². The number of nitrogens with one attached hydrogen (secondary N) is 2. The van der Waals surface area contributed by atoms with Gasteiger partial charge >= 0.3 is 0 Å². The van der Waals surface area contributed by atoms with Gasteiger partial charge in [-0.3, -0.25) is 4.99 Å². The fourth-order valence-electron chi connectivity index (χ4n) is 2.34. The van der Waals surface area contributed by atoms with E-state index in [4.69, 9.17) is 0 Å². The highest BCUT2D eigenvalue weighted by molar-refractivity contribution is 14.0. The molecule has 0 spiro atoms. The van der Waals surface area contributed by atoms with E-state index in [1.807, 2.05) is 6.07 Å². The van der Waals surface area contributed by atoms with Crippen molar-refractivity contribution in [3.63, 3.8) is 0 Å². The van der Waals surface area contributed by atoms with Gasteiger partial charge in [-0.25, -0.2) is 4.98 Å². The molecule has 1 heterocycles. The standard InChI is InChI=1S/C19H28N4S.HI/c1-5-20-19(22-15(4)16-9-7-6-8-10-16)21-12-11-17-13-24-18(23-17)14(2)3;/h6-10,13-15H,5,11-12H2,1-4H3,(H2,20,21,22);1H. The van der Waals surface area contributed by atoms with Crippen molar-refractivity contribution >= 4 is 41.3 Å². The van der Waals surface area contributed by atoms with Gasteiger partial charge in [0.1, 0.15) is 0 Å². The highest BCUT2D eigenvalue weighted by Gasteiger charge is 2.08. The van der Waals surface area contributed by atoms with Gasteiger partial charge < -0.3 is 10.6 Å². The normalized spacial score (nSPS) is 12.6. The predicted molar refractivity (Wildman–Crippen MR) is 119 cm³/mol. The lowest BCUT2D eigenvalue weighted by Gasteiger charge is -2.18. The molecule has 1 unspecified atom stereocenters. The van der Waals surface area contributed by atoms with E-state index in [0.29, 0.717) is 5.92 Å². The van der Waals surface area contributed by atoms with Crippen LogP contribution in [0.5, 0.6) is 0 Å². The Hall–Kier alpha value is -1.15. The summed E-state index contributed by atoms with van der Waals surface area (Å²) in [5, 5.41) is 10.1. The zero-order valence-corrected chi connectivity index (χ0v) is 18.6. The number of hydrogen-bond donors (Lipinski definition) is 2. The number of aromatic nitrogens is 1. The van der Waals surface area contributed by atoms with E-state index in [1.54, 1.807) is 11.3 Å². The van der Waals surface area contributed by atoms with E-state index in [1.165, 1.54) is 10.6 Å². The van der Waals surface area contributed by atoms with Crippen LogP contribution in [0.1, 0.15) is 55.9 Å². The average molecular weight is 472 g/mol. The van der Waals surface area contributed by atoms with Gasteiger partial charge in [-0.15, -0.1) is 35.3 Å². The smallest absolute Gasteiger partial charge is 0.191 e. The molecular formula is C19H29IN4S. The van der Waals surface area contributed by atoms with E-state index < -0.39 is 0 Å². The molecule has 2 aromatic rings. The number of thiazole rings is 1. The number of rotatable bonds is 7. The largest absolute Gasteiger partial charge is 0.357 e. The third kappa shape index (κ3) is 7.32. The molecule has 2 N–H and O–H groups in total. The average Bonchev–Trinajstić information content (AvgIpc) is 3.05. The molecule has 6 heteroatoms. The van der Waals surface area contributed by atoms with E-state index in [2.05, 4.69) is 78.0 Å². The van der Waals surface area contributed by atoms with Crippen LogP contribution >= 0.6 is 35.3 Å². The Bertz CT molecular complexity index is 640. The molecule has 0 aliphatic rings. The Balaban J connectivity index is 0.00000312. The molecule has 0 aliphatic heterocycles. The number of benzene rings is 1. The van der Waals surface area contributed by atoms with E-state index >= 15 is 0 Å². The molecule has 0 amide bonds. The van der Waals surface area contributed by atoms with Crippen molar-refractivity contribution in [1.29, 1.82) is 0 Å². The number of aliphatic imine (C=N–C) groups is 1. The molecule has 138 valence electrons. The van der Waals surface area contributed by atoms with Crippen molar-refractivity contribution in [2.75, 3.05) is 13.1 Å². The molecule has 1 atom stereocenters. The summed E-state index contributed by atoms with van der Waals surface area (Å²) >= 11 is 1.74. The fraction of sp³-hybridized carbons (Fsp3) is 0.474. The lowest BCUT2D eigenvalue weighted by molar-refractivity contribution is 0.685. The summed E-state index contributed by atoms with van der Waals surface area (Å²) in [6, 6.07) is 10.6. The molecule has 0 fully saturated rings. The minimum absolute atomic E-state index is 0. The quantitative estimate of drug-likeness (QED) is 0.348. The summed E-state index contributed by atoms with van der Waals surface area (Å²) in [5.41, 5.74) is 2.39. The highest BCUT2D eigenvalue weighted by Crippen LogP contribution is 2.19. The summed E-state index contributed by atoms with van der Waals surface area (Å²) in [6.07, 6.45) is 0.875. The van der Waals surface area contributed by atoms with Crippen LogP contribution in [0.25, 0.3) is 0 Å². The Morgan fingerprint density at radius 1 is 1.20 bits per heavy atom. The lowest BCUT2D eigenvalue weighted by atomic mass is 10.1. The van der Waals surface area contributed by atoms with Gasteiger partial charge in [0.2, 0.25) is 0 Å². The minimum atomic E-state index is 0. The first-order valence-electron chi connectivity index (χ1n) is 8.64. The van der Waals surface area contributed by atoms with Crippen LogP contribution in [0.4, 0.5) is 0 Å². The predicted octanol–water partition coefficient (Wildman–Crippen LogP) is 4.74. The van der Waals surface area contributed by atoms with Crippen LogP contribution < -0.4 is 10.6 Å². The second kappa shape index (κ2) is 11.5. The van der Waals surface area contributed by atoms with Crippen molar-refractivity contribution in [2.24, 2.45) is 4.99 Å². The van der Waals surface area contributed by atoms with Crippen LogP contribution in [-0.2, 0) is 6.42 Å². The first kappa shape index (κ1) is 21.9. The molecule has 1 aromatic carbocycles. The zero-order chi connectivity index (χ0) is 17.4. The second-order valence-electron chi connectivity index (χ2n) is 6.12. The van der Waals surface area contributed by atoms with Gasteiger partial charge in [-0.05, 0) is 19.4 Å². The topological polar surface area (TPSA) is 49.3 Å². The summed E-state index contributed by atoms with van der Waals surface area (Å²) in [6.45, 7) is 10.2. The maximum Gasteiger partial charge on any atom is 0.191 e. The van der Waals surface area contributed by atoms with Crippen LogP contribution in [0.3, 0.4) is 0 Å². The van der Waals surface area contributed by atoms with Gasteiger partial charge in [-0.2, -0.15) is 0 Å². The van der Waals surface area contributed by atoms with Crippen LogP contribution in [-0.4, -0.2) is 24.0 Å². The van der Waals surface area contributed by atoms with Crippen molar-refractivity contribution < 1.29 is 0 Å². The van der Waals surface area contributed by atoms with Crippen LogP contribution in [0, 0.1) is 0 Å². The lowest BCUT2D eigenvalue weighted by Crippen LogP contribution is -2.38. The Labute approximate surface area is 172 Å². The highest BCUT2D eigenvalue weighted by atomic mass is 127. The molecule has 4 nitrogen and oxygen atoms in total. The number of guanidine groups is 1. The monoisotopic (exact) mass is 472 g/mol. The number of halogens is 1. The molecular weight excluding hydrogens is 443 g/mol. The van der Waals surface area contributed by atoms with Crippen molar-refractivity contribution in [3.8, 4) is 0 Å². The first-order chi connectivity index (χ1) is 11.6. The molecule has 1 aromatic heterocycles. The molecule has 0 aliphatic carbocycles. The van der Waals surface area contributed by atoms with Gasteiger partial charge in [0.15, 0.2) is 5.96 Å². The Morgan fingerprint density at radius 2 is 1.92 bits per heavy atom. The summed E-state index contributed by atoms with van der Waals surface area (Å²) < 4.78 is 0. The van der Waals surface area contributed by atoms with E-state index in [0.717, 1.165) is 31.2 Å². The Morgan fingerprint density at radius 3 is 2.52 bits per heavy atom. The summed E-state index contributed by atoms with van der Waals surface area (Å²) in [5.74, 6) is 1.35. The third-order valence-electron chi connectivity index (χ3n) is 3.70. The van der Waals surface area contributed by atoms with Gasteiger partial charge in [0.05, 0.1) is 16.7 Å². The zero-order valence-electron chi connectivity index (χ0n) is 15.5. The third-order valence-corrected chi connectivity index (χ3v) is 4.89.